The van der Waals surface area contributed by atoms with Gasteiger partial charge in [0.1, 0.15) is 5.82 Å². The van der Waals surface area contributed by atoms with Crippen LogP contribution in [-0.2, 0) is 6.54 Å². The van der Waals surface area contributed by atoms with Crippen molar-refractivity contribution in [3.05, 3.63) is 73.2 Å². The van der Waals surface area contributed by atoms with E-state index in [9.17, 15) is 4.79 Å². The Bertz CT molecular complexity index is 955. The third-order valence-corrected chi connectivity index (χ3v) is 4.52. The zero-order valence-corrected chi connectivity index (χ0v) is 15.0. The Morgan fingerprint density at radius 1 is 1.12 bits per heavy atom. The van der Waals surface area contributed by atoms with Gasteiger partial charge in [0.15, 0.2) is 0 Å². The van der Waals surface area contributed by atoms with Crippen LogP contribution in [-0.4, -0.2) is 9.97 Å². The minimum absolute atomic E-state index is 0.0323. The normalized spacial score (nSPS) is 12.5. The number of aromatic nitrogens is 2. The van der Waals surface area contributed by atoms with Crippen molar-refractivity contribution in [1.82, 2.24) is 15.3 Å². The third-order valence-electron chi connectivity index (χ3n) is 3.72. The van der Waals surface area contributed by atoms with E-state index in [1.807, 2.05) is 13.0 Å². The van der Waals surface area contributed by atoms with E-state index in [4.69, 9.17) is 34.8 Å². The first-order valence-corrected chi connectivity index (χ1v) is 8.44. The van der Waals surface area contributed by atoms with Gasteiger partial charge in [0.25, 0.3) is 5.56 Å². The molecular weight excluding hydrogens is 369 g/mol. The first kappa shape index (κ1) is 17.2. The fourth-order valence-electron chi connectivity index (χ4n) is 2.46. The largest absolute Gasteiger partial charge is 0.309 e. The number of halogens is 3. The lowest BCUT2D eigenvalue weighted by Gasteiger charge is -2.15. The molecule has 0 fully saturated rings. The highest BCUT2D eigenvalue weighted by Gasteiger charge is 2.11. The van der Waals surface area contributed by atoms with Gasteiger partial charge in [-0.2, -0.15) is 0 Å². The van der Waals surface area contributed by atoms with Crippen LogP contribution < -0.4 is 10.9 Å². The Hall–Kier alpha value is -1.59. The van der Waals surface area contributed by atoms with Crippen LogP contribution in [0.1, 0.15) is 24.4 Å². The molecule has 0 aliphatic rings. The molecule has 0 aliphatic heterocycles. The quantitative estimate of drug-likeness (QED) is 0.685. The number of fused-ring (bicyclic) bond motifs is 1. The lowest BCUT2D eigenvalue weighted by atomic mass is 10.1. The number of benzene rings is 2. The minimum Gasteiger partial charge on any atom is -0.309 e. The van der Waals surface area contributed by atoms with E-state index >= 15 is 0 Å². The van der Waals surface area contributed by atoms with E-state index in [0.29, 0.717) is 38.3 Å². The van der Waals surface area contributed by atoms with Crippen LogP contribution in [0, 0.1) is 0 Å². The zero-order valence-electron chi connectivity index (χ0n) is 12.7. The van der Waals surface area contributed by atoms with Gasteiger partial charge in [-0.05, 0) is 42.8 Å². The van der Waals surface area contributed by atoms with E-state index in [-0.39, 0.29) is 11.6 Å². The molecule has 7 heteroatoms. The van der Waals surface area contributed by atoms with Crippen molar-refractivity contribution in [3.63, 3.8) is 0 Å². The smallest absolute Gasteiger partial charge is 0.258 e. The summed E-state index contributed by atoms with van der Waals surface area (Å²) in [5.74, 6) is 0.534. The topological polar surface area (TPSA) is 57.8 Å². The number of rotatable bonds is 4. The predicted molar refractivity (Wildman–Crippen MR) is 99.1 cm³/mol. The van der Waals surface area contributed by atoms with Crippen molar-refractivity contribution in [2.24, 2.45) is 0 Å². The Balaban J connectivity index is 1.81. The third kappa shape index (κ3) is 3.73. The second-order valence-electron chi connectivity index (χ2n) is 5.44. The maximum absolute atomic E-state index is 12.1. The highest BCUT2D eigenvalue weighted by Crippen LogP contribution is 2.26. The molecule has 1 heterocycles. The molecule has 24 heavy (non-hydrogen) atoms. The molecule has 2 aromatic carbocycles. The highest BCUT2D eigenvalue weighted by molar-refractivity contribution is 6.35. The van der Waals surface area contributed by atoms with Crippen molar-refractivity contribution in [2.45, 2.75) is 19.5 Å². The molecule has 0 spiro atoms. The number of H-pyrrole nitrogens is 1. The summed E-state index contributed by atoms with van der Waals surface area (Å²) < 4.78 is 0. The van der Waals surface area contributed by atoms with Crippen molar-refractivity contribution in [3.8, 4) is 0 Å². The van der Waals surface area contributed by atoms with Crippen LogP contribution in [0.2, 0.25) is 15.1 Å². The van der Waals surface area contributed by atoms with Crippen LogP contribution in [0.4, 0.5) is 0 Å². The molecule has 0 saturated carbocycles. The highest BCUT2D eigenvalue weighted by atomic mass is 35.5. The first-order valence-electron chi connectivity index (χ1n) is 7.31. The van der Waals surface area contributed by atoms with Crippen LogP contribution in [0.25, 0.3) is 10.9 Å². The van der Waals surface area contributed by atoms with Gasteiger partial charge in [0.05, 0.1) is 17.4 Å². The number of nitrogens with zero attached hydrogens (tertiary/aromatic N) is 1. The van der Waals surface area contributed by atoms with Crippen LogP contribution in [0.5, 0.6) is 0 Å². The molecule has 0 aliphatic carbocycles. The van der Waals surface area contributed by atoms with Crippen molar-refractivity contribution in [2.75, 3.05) is 0 Å². The van der Waals surface area contributed by atoms with Crippen molar-refractivity contribution >= 4 is 45.7 Å². The summed E-state index contributed by atoms with van der Waals surface area (Å²) >= 11 is 18.1. The lowest BCUT2D eigenvalue weighted by molar-refractivity contribution is 0.559. The molecule has 3 rings (SSSR count). The summed E-state index contributed by atoms with van der Waals surface area (Å²) in [6.07, 6.45) is 0. The Labute approximate surface area is 153 Å². The number of nitrogens with one attached hydrogen (secondary N) is 2. The van der Waals surface area contributed by atoms with E-state index in [1.54, 1.807) is 30.3 Å². The summed E-state index contributed by atoms with van der Waals surface area (Å²) in [5, 5.41) is 5.53. The fourth-order valence-corrected chi connectivity index (χ4v) is 3.20. The van der Waals surface area contributed by atoms with Crippen molar-refractivity contribution in [1.29, 1.82) is 0 Å². The zero-order chi connectivity index (χ0) is 17.3. The average Bonchev–Trinajstić information content (AvgIpc) is 2.52. The summed E-state index contributed by atoms with van der Waals surface area (Å²) in [6.45, 7) is 2.36. The molecule has 0 bridgehead atoms. The fraction of sp³-hybridized carbons (Fsp3) is 0.176. The Morgan fingerprint density at radius 2 is 1.83 bits per heavy atom. The molecule has 124 valence electrons. The van der Waals surface area contributed by atoms with Gasteiger partial charge in [-0.25, -0.2) is 4.98 Å². The second kappa shape index (κ2) is 7.11. The molecule has 1 atom stereocenters. The van der Waals surface area contributed by atoms with E-state index < -0.39 is 0 Å². The van der Waals surface area contributed by atoms with Gasteiger partial charge < -0.3 is 10.3 Å². The minimum atomic E-state index is -0.189. The van der Waals surface area contributed by atoms with Gasteiger partial charge in [0, 0.05) is 21.1 Å². The van der Waals surface area contributed by atoms with Gasteiger partial charge in [-0.3, -0.25) is 4.79 Å². The Kier molecular flexibility index (Phi) is 5.11. The van der Waals surface area contributed by atoms with Gasteiger partial charge in [-0.1, -0.05) is 40.9 Å². The monoisotopic (exact) mass is 381 g/mol. The maximum Gasteiger partial charge on any atom is 0.258 e. The van der Waals surface area contributed by atoms with Gasteiger partial charge in [0.2, 0.25) is 0 Å². The molecule has 4 nitrogen and oxygen atoms in total. The van der Waals surface area contributed by atoms with Crippen molar-refractivity contribution < 1.29 is 0 Å². The lowest BCUT2D eigenvalue weighted by Crippen LogP contribution is -2.22. The van der Waals surface area contributed by atoms with E-state index in [1.165, 1.54) is 0 Å². The summed E-state index contributed by atoms with van der Waals surface area (Å²) in [7, 11) is 0. The molecule has 1 aromatic heterocycles. The Morgan fingerprint density at radius 3 is 2.58 bits per heavy atom. The summed E-state index contributed by atoms with van der Waals surface area (Å²) in [6, 6.07) is 10.3. The molecule has 2 N–H and O–H groups in total. The SMILES string of the molecule is C[C@@H](NCc1nc2cc(Cl)ccc2c(=O)[nH]1)c1ccc(Cl)cc1Cl. The molecule has 0 amide bonds. The summed E-state index contributed by atoms with van der Waals surface area (Å²) in [5.41, 5.74) is 1.30. The molecule has 0 saturated heterocycles. The maximum atomic E-state index is 12.1. The average molecular weight is 383 g/mol. The van der Waals surface area contributed by atoms with Crippen LogP contribution in [0.3, 0.4) is 0 Å². The van der Waals surface area contributed by atoms with Crippen LogP contribution in [0.15, 0.2) is 41.2 Å². The van der Waals surface area contributed by atoms with Gasteiger partial charge in [-0.15, -0.1) is 0 Å². The molecule has 0 radical (unpaired) electrons. The standard InChI is InChI=1S/C17H14Cl3N3O/c1-9(12-4-2-10(18)6-14(12)20)21-8-16-22-15-7-11(19)3-5-13(15)17(24)23-16/h2-7,9,21H,8H2,1H3,(H,22,23,24)/t9-/m1/s1. The molecule has 0 unspecified atom stereocenters. The predicted octanol–water partition coefficient (Wildman–Crippen LogP) is 4.73. The summed E-state index contributed by atoms with van der Waals surface area (Å²) in [4.78, 5) is 19.3. The number of hydrogen-bond donors (Lipinski definition) is 2. The number of aromatic amines is 1. The van der Waals surface area contributed by atoms with Gasteiger partial charge >= 0.3 is 0 Å². The van der Waals surface area contributed by atoms with E-state index in [2.05, 4.69) is 15.3 Å². The molecule has 3 aromatic rings. The van der Waals surface area contributed by atoms with E-state index in [0.717, 1.165) is 5.56 Å². The second-order valence-corrected chi connectivity index (χ2v) is 6.72. The first-order chi connectivity index (χ1) is 11.4. The molecular formula is C17H14Cl3N3O. The van der Waals surface area contributed by atoms with Crippen LogP contribution >= 0.6 is 34.8 Å². The number of hydrogen-bond acceptors (Lipinski definition) is 3.